The third kappa shape index (κ3) is 7.26. The summed E-state index contributed by atoms with van der Waals surface area (Å²) in [6, 6.07) is 1.66. The van der Waals surface area contributed by atoms with E-state index in [0.29, 0.717) is 0 Å². The molecule has 1 N–H and O–H groups in total. The highest BCUT2D eigenvalue weighted by Crippen LogP contribution is 2.57. The summed E-state index contributed by atoms with van der Waals surface area (Å²) in [4.78, 5) is 22.0. The molecule has 170 valence electrons. The second kappa shape index (κ2) is 11.3. The first-order valence-electron chi connectivity index (χ1n) is 9.10. The normalized spacial score (nSPS) is 14.1. The van der Waals surface area contributed by atoms with E-state index >= 15 is 0 Å². The number of anilines is 1. The number of non-ortho nitro benzene ring substituents is 1. The number of carbonyl (C=O) groups is 1. The molecule has 2 atom stereocenters. The Hall–Kier alpha value is -2.17. The Kier molecular flexibility index (Phi) is 9.73. The zero-order chi connectivity index (χ0) is 22.9. The minimum absolute atomic E-state index is 0.0778. The van der Waals surface area contributed by atoms with Crippen molar-refractivity contribution in [1.82, 2.24) is 0 Å². The lowest BCUT2D eigenvalue weighted by Gasteiger charge is -2.34. The van der Waals surface area contributed by atoms with Crippen LogP contribution in [0.15, 0.2) is 24.3 Å². The molecule has 0 aliphatic carbocycles. The summed E-state index contributed by atoms with van der Waals surface area (Å²) in [6.07, 6.45) is -5.85. The van der Waals surface area contributed by atoms with Crippen LogP contribution in [0.1, 0.15) is 27.2 Å². The van der Waals surface area contributed by atoms with Crippen LogP contribution in [0.2, 0.25) is 0 Å². The number of carbonyl (C=O) groups excluding carboxylic acids is 1. The minimum atomic E-state index is -4.97. The van der Waals surface area contributed by atoms with Crippen molar-refractivity contribution in [3.63, 3.8) is 0 Å². The summed E-state index contributed by atoms with van der Waals surface area (Å²) < 4.78 is 69.9. The van der Waals surface area contributed by atoms with Gasteiger partial charge in [0.15, 0.2) is 0 Å². The third-order valence-corrected chi connectivity index (χ3v) is 6.37. The first kappa shape index (κ1) is 25.9. The molecule has 0 saturated heterocycles. The van der Waals surface area contributed by atoms with Gasteiger partial charge < -0.3 is 19.1 Å². The summed E-state index contributed by atoms with van der Waals surface area (Å²) >= 11 is 0. The molecule has 9 nitrogen and oxygen atoms in total. The first-order valence-corrected chi connectivity index (χ1v) is 10.7. The molecule has 1 aromatic rings. The van der Waals surface area contributed by atoms with Crippen LogP contribution in [0.4, 0.5) is 24.5 Å². The zero-order valence-corrected chi connectivity index (χ0v) is 17.6. The lowest BCUT2D eigenvalue weighted by atomic mass is 10.1. The smallest absolute Gasteiger partial charge is 0.409 e. The fourth-order valence-corrected chi connectivity index (χ4v) is 4.81. The number of esters is 1. The van der Waals surface area contributed by atoms with E-state index in [-0.39, 0.29) is 31.2 Å². The zero-order valence-electron chi connectivity index (χ0n) is 16.7. The monoisotopic (exact) mass is 456 g/mol. The fourth-order valence-electron chi connectivity index (χ4n) is 2.65. The first-order chi connectivity index (χ1) is 14.0. The van der Waals surface area contributed by atoms with E-state index in [2.05, 4.69) is 5.32 Å². The molecule has 0 bridgehead atoms. The molecule has 0 aliphatic rings. The molecule has 0 saturated carbocycles. The Balaban J connectivity index is 3.39. The maximum atomic E-state index is 14.0. The maximum Gasteiger partial charge on any atom is 0.409 e. The van der Waals surface area contributed by atoms with Gasteiger partial charge >= 0.3 is 19.7 Å². The highest BCUT2D eigenvalue weighted by atomic mass is 31.2. The van der Waals surface area contributed by atoms with E-state index in [9.17, 15) is 32.6 Å². The average Bonchev–Trinajstić information content (AvgIpc) is 2.64. The summed E-state index contributed by atoms with van der Waals surface area (Å²) in [5, 5.41) is 12.9. The number of ether oxygens (including phenoxy) is 1. The molecular formula is C17H24F3N2O7P. The number of nitro groups is 1. The molecule has 0 spiro atoms. The van der Waals surface area contributed by atoms with Crippen molar-refractivity contribution in [3.8, 4) is 0 Å². The minimum Gasteiger partial charge on any atom is -0.466 e. The molecule has 0 aromatic heterocycles. The fraction of sp³-hybridized carbons (Fsp3) is 0.588. The number of rotatable bonds is 12. The van der Waals surface area contributed by atoms with E-state index in [4.69, 9.17) is 13.8 Å². The second-order valence-corrected chi connectivity index (χ2v) is 8.18. The number of nitrogens with zero attached hydrogens (tertiary/aromatic N) is 1. The van der Waals surface area contributed by atoms with Crippen LogP contribution >= 0.6 is 7.60 Å². The van der Waals surface area contributed by atoms with Gasteiger partial charge in [-0.2, -0.15) is 13.2 Å². The molecule has 13 heteroatoms. The van der Waals surface area contributed by atoms with Crippen molar-refractivity contribution in [2.24, 2.45) is 0 Å². The van der Waals surface area contributed by atoms with Crippen LogP contribution in [-0.2, 0) is 23.1 Å². The third-order valence-electron chi connectivity index (χ3n) is 3.84. The molecule has 0 aliphatic heterocycles. The largest absolute Gasteiger partial charge is 0.466 e. The molecule has 0 heterocycles. The number of nitro benzene ring substituents is 1. The van der Waals surface area contributed by atoms with Gasteiger partial charge in [0.05, 0.1) is 31.2 Å². The number of alkyl halides is 3. The molecule has 1 rings (SSSR count). The molecule has 1 aromatic carbocycles. The van der Waals surface area contributed by atoms with Crippen LogP contribution in [0, 0.1) is 10.1 Å². The Morgan fingerprint density at radius 1 is 1.13 bits per heavy atom. The molecule has 30 heavy (non-hydrogen) atoms. The topological polar surface area (TPSA) is 117 Å². The highest BCUT2D eigenvalue weighted by molar-refractivity contribution is 7.54. The standard InChI is InChI=1S/C17H24F3N2O7P/c1-4-27-15(23)11-14(30(26,28-5-2)29-6-3)16(17(18,19)20)21-12-7-9-13(10-8-12)22(24)25/h7-10,14,16,21H,4-6,11H2,1-3H3/t14-,16-/m0/s1. The lowest BCUT2D eigenvalue weighted by molar-refractivity contribution is -0.384. The van der Waals surface area contributed by atoms with Crippen molar-refractivity contribution in [2.75, 3.05) is 25.1 Å². The van der Waals surface area contributed by atoms with Crippen LogP contribution in [0.3, 0.4) is 0 Å². The van der Waals surface area contributed by atoms with Gasteiger partial charge in [-0.05, 0) is 32.9 Å². The molecular weight excluding hydrogens is 432 g/mol. The van der Waals surface area contributed by atoms with Gasteiger partial charge in [-0.3, -0.25) is 19.5 Å². The second-order valence-electron chi connectivity index (χ2n) is 5.92. The Labute approximate surface area is 171 Å². The number of hydrogen-bond acceptors (Lipinski definition) is 8. The van der Waals surface area contributed by atoms with Crippen LogP contribution in [-0.4, -0.2) is 48.6 Å². The predicted octanol–water partition coefficient (Wildman–Crippen LogP) is 4.53. The van der Waals surface area contributed by atoms with Gasteiger partial charge in [0.2, 0.25) is 0 Å². The van der Waals surface area contributed by atoms with E-state index in [1.54, 1.807) is 0 Å². The summed E-state index contributed by atoms with van der Waals surface area (Å²) in [6.45, 7) is 3.84. The van der Waals surface area contributed by atoms with Gasteiger partial charge in [0.1, 0.15) is 11.7 Å². The van der Waals surface area contributed by atoms with E-state index in [1.807, 2.05) is 0 Å². The van der Waals surface area contributed by atoms with Gasteiger partial charge in [0.25, 0.3) is 5.69 Å². The lowest BCUT2D eigenvalue weighted by Crippen LogP contribution is -2.47. The number of halogens is 3. The summed E-state index contributed by atoms with van der Waals surface area (Å²) in [7, 11) is -4.41. The van der Waals surface area contributed by atoms with E-state index in [0.717, 1.165) is 24.3 Å². The number of hydrogen-bond donors (Lipinski definition) is 1. The van der Waals surface area contributed by atoms with Crippen molar-refractivity contribution < 1.29 is 41.2 Å². The maximum absolute atomic E-state index is 14.0. The Morgan fingerprint density at radius 2 is 1.67 bits per heavy atom. The molecule has 0 unspecified atom stereocenters. The van der Waals surface area contributed by atoms with Crippen molar-refractivity contribution in [3.05, 3.63) is 34.4 Å². The Bertz CT molecular complexity index is 749. The van der Waals surface area contributed by atoms with Crippen molar-refractivity contribution in [2.45, 2.75) is 45.1 Å². The SMILES string of the molecule is CCOC(=O)C[C@@H]([C@H](Nc1ccc([N+](=O)[O-])cc1)C(F)(F)F)P(=O)(OCC)OCC. The van der Waals surface area contributed by atoms with Gasteiger partial charge in [-0.15, -0.1) is 0 Å². The molecule has 0 radical (unpaired) electrons. The van der Waals surface area contributed by atoms with Crippen molar-refractivity contribution in [1.29, 1.82) is 0 Å². The molecule has 0 amide bonds. The van der Waals surface area contributed by atoms with Gasteiger partial charge in [-0.1, -0.05) is 0 Å². The van der Waals surface area contributed by atoms with E-state index < -0.39 is 42.8 Å². The van der Waals surface area contributed by atoms with Crippen molar-refractivity contribution >= 4 is 24.9 Å². The highest BCUT2D eigenvalue weighted by Gasteiger charge is 2.54. The number of benzene rings is 1. The average molecular weight is 456 g/mol. The Morgan fingerprint density at radius 3 is 2.07 bits per heavy atom. The molecule has 0 fully saturated rings. The van der Waals surface area contributed by atoms with Gasteiger partial charge in [0, 0.05) is 17.8 Å². The van der Waals surface area contributed by atoms with E-state index in [1.165, 1.54) is 20.8 Å². The predicted molar refractivity (Wildman–Crippen MR) is 102 cm³/mol. The van der Waals surface area contributed by atoms with Crippen LogP contribution in [0.25, 0.3) is 0 Å². The summed E-state index contributed by atoms with van der Waals surface area (Å²) in [5.41, 5.74) is -2.40. The number of nitrogens with one attached hydrogen (secondary N) is 1. The summed E-state index contributed by atoms with van der Waals surface area (Å²) in [5.74, 6) is -0.998. The quantitative estimate of drug-likeness (QED) is 0.211. The van der Waals surface area contributed by atoms with Crippen LogP contribution < -0.4 is 5.32 Å². The van der Waals surface area contributed by atoms with Gasteiger partial charge in [-0.25, -0.2) is 0 Å². The van der Waals surface area contributed by atoms with Crippen LogP contribution in [0.5, 0.6) is 0 Å².